The highest BCUT2D eigenvalue weighted by Gasteiger charge is 2.19. The van der Waals surface area contributed by atoms with Crippen LogP contribution in [0.25, 0.3) is 0 Å². The average molecular weight is 317 g/mol. The summed E-state index contributed by atoms with van der Waals surface area (Å²) in [7, 11) is 1.48. The highest BCUT2D eigenvalue weighted by atomic mass is 16.6. The van der Waals surface area contributed by atoms with Gasteiger partial charge in [-0.2, -0.15) is 0 Å². The number of carbonyl (C=O) groups is 1. The van der Waals surface area contributed by atoms with E-state index in [1.807, 2.05) is 0 Å². The van der Waals surface area contributed by atoms with Gasteiger partial charge in [-0.15, -0.1) is 0 Å². The fraction of sp³-hybridized carbons (Fsp3) is 0.214. The van der Waals surface area contributed by atoms with Gasteiger partial charge in [-0.05, 0) is 13.0 Å². The number of para-hydroxylation sites is 2. The van der Waals surface area contributed by atoms with Crippen LogP contribution >= 0.6 is 0 Å². The number of aromatic nitrogens is 2. The number of nitrogens with zero attached hydrogens (tertiary/aromatic N) is 3. The zero-order chi connectivity index (χ0) is 17.0. The first-order valence-electron chi connectivity index (χ1n) is 6.65. The first-order chi connectivity index (χ1) is 10.9. The van der Waals surface area contributed by atoms with Crippen LogP contribution in [0.3, 0.4) is 0 Å². The van der Waals surface area contributed by atoms with E-state index < -0.39 is 4.92 Å². The number of aryl methyl sites for hydroxylation is 1. The number of benzene rings is 1. The molecule has 0 saturated carbocycles. The molecule has 0 aliphatic carbocycles. The molecule has 120 valence electrons. The summed E-state index contributed by atoms with van der Waals surface area (Å²) in [6.07, 6.45) is 0. The molecule has 3 N–H and O–H groups in total. The maximum atomic E-state index is 12.0. The first-order valence-corrected chi connectivity index (χ1v) is 6.65. The van der Waals surface area contributed by atoms with Crippen molar-refractivity contribution in [2.24, 2.45) is 0 Å². The third-order valence-electron chi connectivity index (χ3n) is 3.06. The Bertz CT molecular complexity index is 763. The van der Waals surface area contributed by atoms with Crippen LogP contribution in [0.4, 0.5) is 11.6 Å². The van der Waals surface area contributed by atoms with Crippen molar-refractivity contribution in [3.05, 3.63) is 51.3 Å². The van der Waals surface area contributed by atoms with Gasteiger partial charge in [-0.1, -0.05) is 12.1 Å². The van der Waals surface area contributed by atoms with Gasteiger partial charge in [-0.3, -0.25) is 14.9 Å². The third-order valence-corrected chi connectivity index (χ3v) is 3.06. The number of rotatable bonds is 5. The number of ether oxygens (including phenoxy) is 1. The number of nitrogen functional groups attached to an aromatic ring is 1. The fourth-order valence-electron chi connectivity index (χ4n) is 2.06. The Kier molecular flexibility index (Phi) is 4.69. The van der Waals surface area contributed by atoms with Gasteiger partial charge in [0.25, 0.3) is 5.91 Å². The van der Waals surface area contributed by atoms with Gasteiger partial charge in [0.15, 0.2) is 5.75 Å². The topological polar surface area (TPSA) is 133 Å². The normalized spacial score (nSPS) is 10.2. The predicted octanol–water partition coefficient (Wildman–Crippen LogP) is 1.21. The van der Waals surface area contributed by atoms with E-state index in [-0.39, 0.29) is 41.2 Å². The van der Waals surface area contributed by atoms with Crippen LogP contribution in [-0.4, -0.2) is 27.8 Å². The summed E-state index contributed by atoms with van der Waals surface area (Å²) in [5, 5.41) is 13.5. The molecule has 0 aliphatic rings. The lowest BCUT2D eigenvalue weighted by molar-refractivity contribution is -0.385. The molecule has 1 amide bonds. The molecule has 1 heterocycles. The Morgan fingerprint density at radius 2 is 2.09 bits per heavy atom. The van der Waals surface area contributed by atoms with Crippen molar-refractivity contribution in [3.8, 4) is 5.75 Å². The Labute approximate surface area is 131 Å². The van der Waals surface area contributed by atoms with Crippen molar-refractivity contribution in [2.75, 3.05) is 12.8 Å². The SMILES string of the molecule is CNC(=O)c1c(C)nc(N)nc1COc1ccccc1[N+](=O)[O-]. The quantitative estimate of drug-likeness (QED) is 0.625. The van der Waals surface area contributed by atoms with E-state index in [0.29, 0.717) is 5.69 Å². The molecule has 0 spiro atoms. The van der Waals surface area contributed by atoms with E-state index in [4.69, 9.17) is 10.5 Å². The van der Waals surface area contributed by atoms with Gasteiger partial charge in [0, 0.05) is 13.1 Å². The Balaban J connectivity index is 2.34. The number of anilines is 1. The molecule has 9 nitrogen and oxygen atoms in total. The van der Waals surface area contributed by atoms with E-state index in [1.54, 1.807) is 13.0 Å². The number of nitro groups is 1. The summed E-state index contributed by atoms with van der Waals surface area (Å²) in [4.78, 5) is 30.3. The van der Waals surface area contributed by atoms with Crippen LogP contribution in [0.2, 0.25) is 0 Å². The maximum absolute atomic E-state index is 12.0. The summed E-state index contributed by atoms with van der Waals surface area (Å²) in [5.74, 6) is -0.310. The number of nitro benzene ring substituents is 1. The number of hydrogen-bond donors (Lipinski definition) is 2. The number of nitrogens with two attached hydrogens (primary N) is 1. The zero-order valence-electron chi connectivity index (χ0n) is 12.6. The van der Waals surface area contributed by atoms with Crippen LogP contribution in [0, 0.1) is 17.0 Å². The second-order valence-corrected chi connectivity index (χ2v) is 4.58. The minimum absolute atomic E-state index is 0.00341. The number of carbonyl (C=O) groups excluding carboxylic acids is 1. The Morgan fingerprint density at radius 3 is 2.74 bits per heavy atom. The largest absolute Gasteiger partial charge is 0.480 e. The molecular weight excluding hydrogens is 302 g/mol. The highest BCUT2D eigenvalue weighted by molar-refractivity contribution is 5.96. The molecule has 9 heteroatoms. The number of hydrogen-bond acceptors (Lipinski definition) is 7. The summed E-state index contributed by atoms with van der Waals surface area (Å²) in [6.45, 7) is 1.47. The second kappa shape index (κ2) is 6.69. The lowest BCUT2D eigenvalue weighted by Crippen LogP contribution is -2.23. The van der Waals surface area contributed by atoms with Crippen molar-refractivity contribution in [1.29, 1.82) is 0 Å². The van der Waals surface area contributed by atoms with Gasteiger partial charge in [-0.25, -0.2) is 9.97 Å². The Morgan fingerprint density at radius 1 is 1.39 bits per heavy atom. The molecule has 0 fully saturated rings. The van der Waals surface area contributed by atoms with Crippen molar-refractivity contribution < 1.29 is 14.5 Å². The van der Waals surface area contributed by atoms with Gasteiger partial charge >= 0.3 is 5.69 Å². The monoisotopic (exact) mass is 317 g/mol. The van der Waals surface area contributed by atoms with Crippen molar-refractivity contribution in [1.82, 2.24) is 15.3 Å². The first kappa shape index (κ1) is 16.1. The van der Waals surface area contributed by atoms with Crippen LogP contribution in [0.5, 0.6) is 5.75 Å². The molecule has 1 aromatic carbocycles. The van der Waals surface area contributed by atoms with E-state index >= 15 is 0 Å². The highest BCUT2D eigenvalue weighted by Crippen LogP contribution is 2.27. The van der Waals surface area contributed by atoms with Crippen molar-refractivity contribution >= 4 is 17.5 Å². The summed E-state index contributed by atoms with van der Waals surface area (Å²) < 4.78 is 5.46. The van der Waals surface area contributed by atoms with Crippen molar-refractivity contribution in [2.45, 2.75) is 13.5 Å². The van der Waals surface area contributed by atoms with Gasteiger partial charge in [0.05, 0.1) is 21.9 Å². The summed E-state index contributed by atoms with van der Waals surface area (Å²) in [5.41, 5.74) is 6.32. The molecule has 0 bridgehead atoms. The molecule has 2 rings (SSSR count). The van der Waals surface area contributed by atoms with Crippen LogP contribution in [0.1, 0.15) is 21.7 Å². The van der Waals surface area contributed by atoms with Crippen LogP contribution in [0.15, 0.2) is 24.3 Å². The molecule has 0 atom stereocenters. The summed E-state index contributed by atoms with van der Waals surface area (Å²) >= 11 is 0. The fourth-order valence-corrected chi connectivity index (χ4v) is 2.06. The maximum Gasteiger partial charge on any atom is 0.310 e. The smallest absolute Gasteiger partial charge is 0.310 e. The Hall–Kier alpha value is -3.23. The molecule has 0 unspecified atom stereocenters. The summed E-state index contributed by atoms with van der Waals surface area (Å²) in [6, 6.07) is 5.94. The van der Waals surface area contributed by atoms with Crippen molar-refractivity contribution in [3.63, 3.8) is 0 Å². The lowest BCUT2D eigenvalue weighted by Gasteiger charge is -2.12. The molecule has 1 aromatic heterocycles. The second-order valence-electron chi connectivity index (χ2n) is 4.58. The average Bonchev–Trinajstić information content (AvgIpc) is 2.51. The molecular formula is C14H15N5O4. The minimum atomic E-state index is -0.547. The zero-order valence-corrected chi connectivity index (χ0v) is 12.6. The lowest BCUT2D eigenvalue weighted by atomic mass is 10.1. The van der Waals surface area contributed by atoms with Crippen LogP contribution in [-0.2, 0) is 6.61 Å². The minimum Gasteiger partial charge on any atom is -0.480 e. The standard InChI is InChI=1S/C14H15N5O4/c1-8-12(13(20)16-2)9(18-14(15)17-8)7-23-11-6-4-3-5-10(11)19(21)22/h3-6H,7H2,1-2H3,(H,16,20)(H2,15,17,18). The van der Waals surface area contributed by atoms with E-state index in [1.165, 1.54) is 25.2 Å². The molecule has 2 aromatic rings. The molecule has 23 heavy (non-hydrogen) atoms. The number of amides is 1. The van der Waals surface area contributed by atoms with Gasteiger partial charge in [0.1, 0.15) is 6.61 Å². The number of nitrogens with one attached hydrogen (secondary N) is 1. The molecule has 0 aliphatic heterocycles. The van der Waals surface area contributed by atoms with Crippen LogP contribution < -0.4 is 15.8 Å². The van der Waals surface area contributed by atoms with E-state index in [2.05, 4.69) is 15.3 Å². The van der Waals surface area contributed by atoms with Gasteiger partial charge < -0.3 is 15.8 Å². The predicted molar refractivity (Wildman–Crippen MR) is 82.0 cm³/mol. The molecule has 0 saturated heterocycles. The molecule has 0 radical (unpaired) electrons. The third kappa shape index (κ3) is 3.51. The van der Waals surface area contributed by atoms with E-state index in [9.17, 15) is 14.9 Å². The van der Waals surface area contributed by atoms with Gasteiger partial charge in [0.2, 0.25) is 5.95 Å². The van der Waals surface area contributed by atoms with E-state index in [0.717, 1.165) is 0 Å².